The first-order chi connectivity index (χ1) is 9.92. The third kappa shape index (κ3) is 3.46. The van der Waals surface area contributed by atoms with Gasteiger partial charge in [-0.1, -0.05) is 24.8 Å². The highest BCUT2D eigenvalue weighted by molar-refractivity contribution is 7.89. The number of hydrogen-bond acceptors (Lipinski definition) is 3. The topological polar surface area (TPSA) is 66.4 Å². The summed E-state index contributed by atoms with van der Waals surface area (Å²) in [4.78, 5) is 0.189. The summed E-state index contributed by atoms with van der Waals surface area (Å²) < 4.78 is 28.2. The Morgan fingerprint density at radius 3 is 2.62 bits per heavy atom. The maximum absolute atomic E-state index is 12.7. The van der Waals surface area contributed by atoms with Crippen molar-refractivity contribution in [3.63, 3.8) is 0 Å². The van der Waals surface area contributed by atoms with Gasteiger partial charge in [0.15, 0.2) is 0 Å². The zero-order valence-electron chi connectivity index (χ0n) is 12.4. The van der Waals surface area contributed by atoms with Crippen LogP contribution in [0.5, 0.6) is 0 Å². The third-order valence-electron chi connectivity index (χ3n) is 4.07. The highest BCUT2D eigenvalue weighted by Gasteiger charge is 2.39. The van der Waals surface area contributed by atoms with Crippen LogP contribution in [0.2, 0.25) is 0 Å². The minimum Gasteiger partial charge on any atom is -0.384 e. The number of sulfonamides is 1. The number of aliphatic hydroxyl groups excluding tert-OH is 1. The van der Waals surface area contributed by atoms with Crippen LogP contribution in [0.25, 0.3) is 0 Å². The first kappa shape index (κ1) is 16.0. The van der Waals surface area contributed by atoms with Crippen molar-refractivity contribution in [2.75, 3.05) is 6.61 Å². The molecule has 1 fully saturated rings. The monoisotopic (exact) mass is 307 g/mol. The number of nitrogens with one attached hydrogen (secondary N) is 1. The number of aliphatic hydroxyl groups is 1. The van der Waals surface area contributed by atoms with Crippen LogP contribution < -0.4 is 4.72 Å². The molecule has 0 unspecified atom stereocenters. The van der Waals surface area contributed by atoms with E-state index in [0.29, 0.717) is 5.56 Å². The van der Waals surface area contributed by atoms with Gasteiger partial charge in [0.2, 0.25) is 10.0 Å². The predicted octanol–water partition coefficient (Wildman–Crippen LogP) is 1.95. The molecule has 1 aliphatic carbocycles. The van der Waals surface area contributed by atoms with E-state index in [-0.39, 0.29) is 17.0 Å². The van der Waals surface area contributed by atoms with Crippen molar-refractivity contribution in [3.8, 4) is 11.8 Å². The van der Waals surface area contributed by atoms with Crippen LogP contribution in [0.4, 0.5) is 0 Å². The Hall–Kier alpha value is -1.35. The Labute approximate surface area is 126 Å². The summed E-state index contributed by atoms with van der Waals surface area (Å²) >= 11 is 0. The summed E-state index contributed by atoms with van der Waals surface area (Å²) in [6.07, 6.45) is 3.61. The Morgan fingerprint density at radius 2 is 2.10 bits per heavy atom. The van der Waals surface area contributed by atoms with E-state index in [0.717, 1.165) is 31.2 Å². The van der Waals surface area contributed by atoms with E-state index in [9.17, 15) is 8.42 Å². The average Bonchev–Trinajstić information content (AvgIpc) is 2.40. The lowest BCUT2D eigenvalue weighted by Gasteiger charge is -2.41. The fourth-order valence-electron chi connectivity index (χ4n) is 2.58. The molecule has 1 aromatic carbocycles. The average molecular weight is 307 g/mol. The number of rotatable bonds is 4. The third-order valence-corrected chi connectivity index (χ3v) is 5.70. The van der Waals surface area contributed by atoms with E-state index < -0.39 is 10.0 Å². The fraction of sp³-hybridized carbons (Fsp3) is 0.500. The molecular formula is C16H21NO3S. The van der Waals surface area contributed by atoms with Crippen molar-refractivity contribution in [3.05, 3.63) is 29.3 Å². The first-order valence-electron chi connectivity index (χ1n) is 7.17. The molecule has 114 valence electrons. The van der Waals surface area contributed by atoms with Gasteiger partial charge in [-0.2, -0.15) is 0 Å². The van der Waals surface area contributed by atoms with E-state index >= 15 is 0 Å². The Morgan fingerprint density at radius 1 is 1.38 bits per heavy atom. The molecular weight excluding hydrogens is 286 g/mol. The fourth-order valence-corrected chi connectivity index (χ4v) is 4.26. The zero-order chi connectivity index (χ0) is 15.5. The maximum Gasteiger partial charge on any atom is 0.242 e. The molecule has 2 N–H and O–H groups in total. The molecule has 2 rings (SSSR count). The van der Waals surface area contributed by atoms with Crippen LogP contribution in [0.1, 0.15) is 43.7 Å². The smallest absolute Gasteiger partial charge is 0.242 e. The second-order valence-corrected chi connectivity index (χ2v) is 7.20. The zero-order valence-corrected chi connectivity index (χ0v) is 13.3. The number of aryl methyl sites for hydroxylation is 1. The molecule has 0 spiro atoms. The van der Waals surface area contributed by atoms with Gasteiger partial charge in [0.1, 0.15) is 6.61 Å². The molecule has 0 radical (unpaired) electrons. The Balaban J connectivity index is 2.40. The van der Waals surface area contributed by atoms with Gasteiger partial charge in [-0.15, -0.1) is 0 Å². The normalized spacial score (nSPS) is 16.7. The van der Waals surface area contributed by atoms with Gasteiger partial charge in [-0.05, 0) is 50.3 Å². The van der Waals surface area contributed by atoms with Crippen molar-refractivity contribution < 1.29 is 13.5 Å². The molecule has 5 heteroatoms. The van der Waals surface area contributed by atoms with Crippen molar-refractivity contribution in [2.24, 2.45) is 0 Å². The largest absolute Gasteiger partial charge is 0.384 e. The molecule has 1 aromatic rings. The second kappa shape index (κ2) is 6.18. The Bertz CT molecular complexity index is 674. The molecule has 0 amide bonds. The molecule has 0 aromatic heterocycles. The van der Waals surface area contributed by atoms with E-state index in [4.69, 9.17) is 5.11 Å². The summed E-state index contributed by atoms with van der Waals surface area (Å²) in [6, 6.07) is 5.08. The van der Waals surface area contributed by atoms with Crippen LogP contribution in [-0.2, 0) is 10.0 Å². The summed E-state index contributed by atoms with van der Waals surface area (Å²) in [5, 5.41) is 8.82. The van der Waals surface area contributed by atoms with E-state index in [1.54, 1.807) is 18.2 Å². The van der Waals surface area contributed by atoms with E-state index in [1.165, 1.54) is 0 Å². The van der Waals surface area contributed by atoms with Gasteiger partial charge in [0.05, 0.1) is 4.90 Å². The molecule has 0 atom stereocenters. The molecule has 1 saturated carbocycles. The molecule has 0 bridgehead atoms. The SMILES string of the molecule is CCC1(NS(=O)(=O)c2ccc(C)cc2C#CCO)CCC1. The molecule has 0 saturated heterocycles. The van der Waals surface area contributed by atoms with Crippen molar-refractivity contribution in [1.82, 2.24) is 4.72 Å². The maximum atomic E-state index is 12.7. The van der Waals surface area contributed by atoms with Gasteiger partial charge in [-0.25, -0.2) is 13.1 Å². The minimum absolute atomic E-state index is 0.189. The van der Waals surface area contributed by atoms with Crippen molar-refractivity contribution in [2.45, 2.75) is 50.0 Å². The lowest BCUT2D eigenvalue weighted by atomic mass is 9.76. The van der Waals surface area contributed by atoms with Crippen molar-refractivity contribution >= 4 is 10.0 Å². The molecule has 1 aliphatic rings. The van der Waals surface area contributed by atoms with Crippen LogP contribution in [-0.4, -0.2) is 25.7 Å². The van der Waals surface area contributed by atoms with Gasteiger partial charge in [0.25, 0.3) is 0 Å². The highest BCUT2D eigenvalue weighted by Crippen LogP contribution is 2.36. The lowest BCUT2D eigenvalue weighted by molar-refractivity contribution is 0.214. The molecule has 0 aliphatic heterocycles. The van der Waals surface area contributed by atoms with Crippen LogP contribution >= 0.6 is 0 Å². The Kier molecular flexibility index (Phi) is 4.72. The molecule has 0 heterocycles. The summed E-state index contributed by atoms with van der Waals surface area (Å²) in [5.41, 5.74) is 1.07. The van der Waals surface area contributed by atoms with Crippen LogP contribution in [0.3, 0.4) is 0 Å². The number of hydrogen-bond donors (Lipinski definition) is 2. The summed E-state index contributed by atoms with van der Waals surface area (Å²) in [7, 11) is -3.60. The minimum atomic E-state index is -3.60. The van der Waals surface area contributed by atoms with E-state index in [1.807, 2.05) is 13.8 Å². The highest BCUT2D eigenvalue weighted by atomic mass is 32.2. The van der Waals surface area contributed by atoms with Gasteiger partial charge >= 0.3 is 0 Å². The van der Waals surface area contributed by atoms with Gasteiger partial charge in [-0.3, -0.25) is 0 Å². The van der Waals surface area contributed by atoms with Gasteiger partial charge < -0.3 is 5.11 Å². The summed E-state index contributed by atoms with van der Waals surface area (Å²) in [5.74, 6) is 5.25. The lowest BCUT2D eigenvalue weighted by Crippen LogP contribution is -2.52. The van der Waals surface area contributed by atoms with Gasteiger partial charge in [0, 0.05) is 11.1 Å². The summed E-state index contributed by atoms with van der Waals surface area (Å²) in [6.45, 7) is 3.59. The van der Waals surface area contributed by atoms with Crippen molar-refractivity contribution in [1.29, 1.82) is 0 Å². The second-order valence-electron chi connectivity index (χ2n) is 5.55. The molecule has 21 heavy (non-hydrogen) atoms. The quantitative estimate of drug-likeness (QED) is 0.836. The predicted molar refractivity (Wildman–Crippen MR) is 82.3 cm³/mol. The first-order valence-corrected chi connectivity index (χ1v) is 8.65. The number of benzene rings is 1. The standard InChI is InChI=1S/C16H21NO3S/c1-3-16(9-5-10-16)17-21(19,20)15-8-7-13(2)12-14(15)6-4-11-18/h7-8,12,17-18H,3,5,9-11H2,1-2H3. The molecule has 4 nitrogen and oxygen atoms in total. The van der Waals surface area contributed by atoms with E-state index in [2.05, 4.69) is 16.6 Å². The van der Waals surface area contributed by atoms with Crippen LogP contribution in [0, 0.1) is 18.8 Å². The van der Waals surface area contributed by atoms with Crippen LogP contribution in [0.15, 0.2) is 23.1 Å².